The number of hydrogen-bond donors (Lipinski definition) is 0. The largest absolute Gasteiger partial charge is 0.465 e. The minimum atomic E-state index is -0.409. The van der Waals surface area contributed by atoms with Crippen LogP contribution in [0.1, 0.15) is 30.9 Å². The van der Waals surface area contributed by atoms with Crippen molar-refractivity contribution in [1.29, 1.82) is 0 Å². The van der Waals surface area contributed by atoms with Gasteiger partial charge in [-0.1, -0.05) is 23.7 Å². The zero-order valence-corrected chi connectivity index (χ0v) is 10.3. The van der Waals surface area contributed by atoms with E-state index in [0.29, 0.717) is 11.6 Å². The van der Waals surface area contributed by atoms with Gasteiger partial charge in [-0.3, -0.25) is 4.79 Å². The summed E-state index contributed by atoms with van der Waals surface area (Å²) in [5.74, 6) is -0.116. The van der Waals surface area contributed by atoms with Crippen LogP contribution in [0, 0.1) is 6.92 Å². The van der Waals surface area contributed by atoms with Gasteiger partial charge in [0.05, 0.1) is 12.0 Å². The monoisotopic (exact) mass is 238 g/mol. The molecule has 0 saturated heterocycles. The van der Waals surface area contributed by atoms with Crippen LogP contribution in [-0.4, -0.2) is 12.6 Å². The third-order valence-corrected chi connectivity index (χ3v) is 3.55. The van der Waals surface area contributed by atoms with Gasteiger partial charge in [0.25, 0.3) is 0 Å². The molecule has 86 valence electrons. The number of halogens is 1. The van der Waals surface area contributed by atoms with Gasteiger partial charge in [0.15, 0.2) is 0 Å². The fourth-order valence-corrected chi connectivity index (χ4v) is 2.08. The summed E-state index contributed by atoms with van der Waals surface area (Å²) >= 11 is 6.08. The van der Waals surface area contributed by atoms with Crippen molar-refractivity contribution in [3.63, 3.8) is 0 Å². The van der Waals surface area contributed by atoms with E-state index in [1.807, 2.05) is 32.0 Å². The van der Waals surface area contributed by atoms with Crippen LogP contribution in [0.25, 0.3) is 0 Å². The minimum Gasteiger partial charge on any atom is -0.465 e. The smallest absolute Gasteiger partial charge is 0.316 e. The lowest BCUT2D eigenvalue weighted by atomic mass is 9.95. The fraction of sp³-hybridized carbons (Fsp3) is 0.462. The third-order valence-electron chi connectivity index (χ3n) is 3.14. The standard InChI is InChI=1S/C13H15ClO2/c1-3-16-12(15)13(6-7-13)10-5-4-9(2)11(14)8-10/h4-5,8H,3,6-7H2,1-2H3. The number of hydrogen-bond acceptors (Lipinski definition) is 2. The van der Waals surface area contributed by atoms with Gasteiger partial charge in [0, 0.05) is 5.02 Å². The first kappa shape index (κ1) is 11.5. The van der Waals surface area contributed by atoms with Crippen molar-refractivity contribution in [3.05, 3.63) is 34.3 Å². The van der Waals surface area contributed by atoms with Gasteiger partial charge >= 0.3 is 5.97 Å². The predicted octanol–water partition coefficient (Wildman–Crippen LogP) is 3.24. The molecule has 0 unspecified atom stereocenters. The van der Waals surface area contributed by atoms with Crippen LogP contribution in [-0.2, 0) is 14.9 Å². The van der Waals surface area contributed by atoms with Crippen molar-refractivity contribution in [2.75, 3.05) is 6.61 Å². The number of benzene rings is 1. The number of carbonyl (C=O) groups is 1. The Labute approximate surface area is 101 Å². The van der Waals surface area contributed by atoms with Crippen molar-refractivity contribution in [3.8, 4) is 0 Å². The Kier molecular flexibility index (Phi) is 2.94. The Hall–Kier alpha value is -1.02. The lowest BCUT2D eigenvalue weighted by molar-refractivity contribution is -0.146. The zero-order valence-electron chi connectivity index (χ0n) is 9.55. The van der Waals surface area contributed by atoms with Crippen LogP contribution in [0.15, 0.2) is 18.2 Å². The quantitative estimate of drug-likeness (QED) is 0.756. The van der Waals surface area contributed by atoms with Gasteiger partial charge in [0.2, 0.25) is 0 Å². The zero-order chi connectivity index (χ0) is 11.8. The lowest BCUT2D eigenvalue weighted by Crippen LogP contribution is -2.23. The van der Waals surface area contributed by atoms with Crippen LogP contribution >= 0.6 is 11.6 Å². The van der Waals surface area contributed by atoms with E-state index in [2.05, 4.69) is 0 Å². The molecule has 2 nitrogen and oxygen atoms in total. The first-order valence-electron chi connectivity index (χ1n) is 5.54. The SMILES string of the molecule is CCOC(=O)C1(c2ccc(C)c(Cl)c2)CC1. The second-order valence-corrected chi connectivity index (χ2v) is 4.67. The molecule has 1 aromatic carbocycles. The highest BCUT2D eigenvalue weighted by Crippen LogP contribution is 2.49. The highest BCUT2D eigenvalue weighted by atomic mass is 35.5. The Morgan fingerprint density at radius 3 is 2.69 bits per heavy atom. The fourth-order valence-electron chi connectivity index (χ4n) is 1.90. The molecule has 0 radical (unpaired) electrons. The van der Waals surface area contributed by atoms with Crippen LogP contribution < -0.4 is 0 Å². The average Bonchev–Trinajstić information content (AvgIpc) is 3.03. The van der Waals surface area contributed by atoms with E-state index in [1.54, 1.807) is 0 Å². The molecule has 0 heterocycles. The second kappa shape index (κ2) is 4.10. The third kappa shape index (κ3) is 1.82. The molecule has 2 rings (SSSR count). The van der Waals surface area contributed by atoms with E-state index in [-0.39, 0.29) is 5.97 Å². The Morgan fingerprint density at radius 1 is 1.50 bits per heavy atom. The van der Waals surface area contributed by atoms with Gasteiger partial charge in [-0.15, -0.1) is 0 Å². The summed E-state index contributed by atoms with van der Waals surface area (Å²) < 4.78 is 5.11. The normalized spacial score (nSPS) is 16.9. The van der Waals surface area contributed by atoms with Gasteiger partial charge in [-0.25, -0.2) is 0 Å². The van der Waals surface area contributed by atoms with Gasteiger partial charge in [-0.05, 0) is 43.9 Å². The Morgan fingerprint density at radius 2 is 2.19 bits per heavy atom. The molecule has 0 aromatic heterocycles. The molecule has 0 atom stereocenters. The molecule has 1 saturated carbocycles. The number of carbonyl (C=O) groups excluding carboxylic acids is 1. The van der Waals surface area contributed by atoms with Crippen LogP contribution in [0.2, 0.25) is 5.02 Å². The van der Waals surface area contributed by atoms with Gasteiger partial charge in [0.1, 0.15) is 0 Å². The molecule has 16 heavy (non-hydrogen) atoms. The summed E-state index contributed by atoms with van der Waals surface area (Å²) in [6.45, 7) is 4.21. The van der Waals surface area contributed by atoms with Crippen molar-refractivity contribution < 1.29 is 9.53 Å². The number of rotatable bonds is 3. The summed E-state index contributed by atoms with van der Waals surface area (Å²) in [5, 5.41) is 0.716. The van der Waals surface area contributed by atoms with Crippen molar-refractivity contribution >= 4 is 17.6 Å². The van der Waals surface area contributed by atoms with Crippen LogP contribution in [0.3, 0.4) is 0 Å². The lowest BCUT2D eigenvalue weighted by Gasteiger charge is -2.14. The molecule has 1 aliphatic rings. The topological polar surface area (TPSA) is 26.3 Å². The maximum absolute atomic E-state index is 11.9. The van der Waals surface area contributed by atoms with E-state index in [4.69, 9.17) is 16.3 Å². The molecule has 1 fully saturated rings. The van der Waals surface area contributed by atoms with E-state index in [1.165, 1.54) is 0 Å². The van der Waals surface area contributed by atoms with E-state index in [9.17, 15) is 4.79 Å². The summed E-state index contributed by atoms with van der Waals surface area (Å²) in [5.41, 5.74) is 1.61. The molecule has 0 N–H and O–H groups in total. The Bertz CT molecular complexity index is 422. The maximum atomic E-state index is 11.9. The molecule has 1 aromatic rings. The first-order chi connectivity index (χ1) is 7.60. The summed E-state index contributed by atoms with van der Waals surface area (Å²) in [6, 6.07) is 5.82. The number of aryl methyl sites for hydroxylation is 1. The molecular formula is C13H15ClO2. The minimum absolute atomic E-state index is 0.116. The summed E-state index contributed by atoms with van der Waals surface area (Å²) in [7, 11) is 0. The Balaban J connectivity index is 2.30. The molecule has 0 spiro atoms. The molecule has 3 heteroatoms. The molecular weight excluding hydrogens is 224 g/mol. The van der Waals surface area contributed by atoms with E-state index >= 15 is 0 Å². The van der Waals surface area contributed by atoms with E-state index < -0.39 is 5.41 Å². The van der Waals surface area contributed by atoms with Crippen LogP contribution in [0.4, 0.5) is 0 Å². The maximum Gasteiger partial charge on any atom is 0.316 e. The van der Waals surface area contributed by atoms with E-state index in [0.717, 1.165) is 24.0 Å². The summed E-state index contributed by atoms with van der Waals surface area (Å²) in [6.07, 6.45) is 1.73. The van der Waals surface area contributed by atoms with Gasteiger partial charge in [-0.2, -0.15) is 0 Å². The molecule has 0 bridgehead atoms. The van der Waals surface area contributed by atoms with Crippen LogP contribution in [0.5, 0.6) is 0 Å². The molecule has 0 aliphatic heterocycles. The first-order valence-corrected chi connectivity index (χ1v) is 5.92. The summed E-state index contributed by atoms with van der Waals surface area (Å²) in [4.78, 5) is 11.9. The second-order valence-electron chi connectivity index (χ2n) is 4.27. The highest BCUT2D eigenvalue weighted by molar-refractivity contribution is 6.31. The van der Waals surface area contributed by atoms with Crippen molar-refractivity contribution in [1.82, 2.24) is 0 Å². The van der Waals surface area contributed by atoms with Crippen molar-refractivity contribution in [2.24, 2.45) is 0 Å². The molecule has 1 aliphatic carbocycles. The number of esters is 1. The molecule has 0 amide bonds. The number of ether oxygens (including phenoxy) is 1. The van der Waals surface area contributed by atoms with Gasteiger partial charge < -0.3 is 4.74 Å². The average molecular weight is 239 g/mol. The van der Waals surface area contributed by atoms with Crippen molar-refractivity contribution in [2.45, 2.75) is 32.1 Å². The highest BCUT2D eigenvalue weighted by Gasteiger charge is 2.52. The predicted molar refractivity (Wildman–Crippen MR) is 63.7 cm³/mol.